The zero-order chi connectivity index (χ0) is 13.9. The number of rotatable bonds is 4. The molecule has 2 aromatic heterocycles. The quantitative estimate of drug-likeness (QED) is 0.774. The van der Waals surface area contributed by atoms with E-state index in [-0.39, 0.29) is 5.91 Å². The molecule has 0 atom stereocenters. The molecule has 20 heavy (non-hydrogen) atoms. The number of carbonyl (C=O) groups excluding carboxylic acids is 1. The second-order valence-electron chi connectivity index (χ2n) is 4.50. The van der Waals surface area contributed by atoms with E-state index in [1.54, 1.807) is 11.3 Å². The molecule has 0 aliphatic carbocycles. The predicted octanol–water partition coefficient (Wildman–Crippen LogP) is 3.12. The Morgan fingerprint density at radius 1 is 1.40 bits per heavy atom. The molecule has 1 aromatic carbocycles. The van der Waals surface area contributed by atoms with Crippen LogP contribution in [0.1, 0.15) is 27.2 Å². The molecule has 0 aliphatic rings. The summed E-state index contributed by atoms with van der Waals surface area (Å²) in [7, 11) is 0. The van der Waals surface area contributed by atoms with E-state index >= 15 is 0 Å². The van der Waals surface area contributed by atoms with Gasteiger partial charge in [-0.2, -0.15) is 0 Å². The molecule has 0 bridgehead atoms. The summed E-state index contributed by atoms with van der Waals surface area (Å²) < 4.78 is 0. The molecule has 2 heterocycles. The fraction of sp³-hybridized carbons (Fsp3) is 0.200. The summed E-state index contributed by atoms with van der Waals surface area (Å²) in [4.78, 5) is 20.9. The highest BCUT2D eigenvalue weighted by atomic mass is 32.1. The van der Waals surface area contributed by atoms with Gasteiger partial charge in [0, 0.05) is 22.7 Å². The Morgan fingerprint density at radius 3 is 3.10 bits per heavy atom. The van der Waals surface area contributed by atoms with Crippen LogP contribution >= 0.6 is 11.3 Å². The van der Waals surface area contributed by atoms with E-state index in [4.69, 9.17) is 0 Å². The van der Waals surface area contributed by atoms with Gasteiger partial charge in [-0.05, 0) is 18.6 Å². The van der Waals surface area contributed by atoms with Gasteiger partial charge < -0.3 is 10.3 Å². The summed E-state index contributed by atoms with van der Waals surface area (Å²) in [5.41, 5.74) is 1.54. The van der Waals surface area contributed by atoms with Crippen LogP contribution in [0.5, 0.6) is 0 Å². The number of fused-ring (bicyclic) bond motifs is 1. The first-order chi connectivity index (χ1) is 9.78. The molecular weight excluding hydrogens is 270 g/mol. The summed E-state index contributed by atoms with van der Waals surface area (Å²) in [6, 6.07) is 7.66. The SMILES string of the molecule is CCc1cnc(CNC(=O)c2cccc3cc[nH]c23)s1. The Bertz CT molecular complexity index is 744. The predicted molar refractivity (Wildman–Crippen MR) is 81.0 cm³/mol. The molecule has 3 rings (SSSR count). The standard InChI is InChI=1S/C15H15N3OS/c1-2-11-8-17-13(20-11)9-18-15(19)12-5-3-4-10-6-7-16-14(10)12/h3-8,16H,2,9H2,1H3,(H,18,19). The lowest BCUT2D eigenvalue weighted by atomic mass is 10.1. The summed E-state index contributed by atoms with van der Waals surface area (Å²) in [5, 5.41) is 4.90. The second-order valence-corrected chi connectivity index (χ2v) is 5.70. The average molecular weight is 285 g/mol. The first-order valence-electron chi connectivity index (χ1n) is 6.56. The third-order valence-electron chi connectivity index (χ3n) is 3.18. The van der Waals surface area contributed by atoms with Crippen LogP contribution in [-0.2, 0) is 13.0 Å². The van der Waals surface area contributed by atoms with Crippen molar-refractivity contribution in [2.24, 2.45) is 0 Å². The van der Waals surface area contributed by atoms with Gasteiger partial charge in [-0.3, -0.25) is 4.79 Å². The number of para-hydroxylation sites is 1. The van der Waals surface area contributed by atoms with Crippen molar-refractivity contribution in [1.82, 2.24) is 15.3 Å². The van der Waals surface area contributed by atoms with Gasteiger partial charge in [0.05, 0.1) is 17.6 Å². The molecule has 0 saturated carbocycles. The third-order valence-corrected chi connectivity index (χ3v) is 4.32. The highest BCUT2D eigenvalue weighted by Gasteiger charge is 2.11. The number of hydrogen-bond donors (Lipinski definition) is 2. The highest BCUT2D eigenvalue weighted by molar-refractivity contribution is 7.11. The van der Waals surface area contributed by atoms with E-state index in [0.29, 0.717) is 12.1 Å². The van der Waals surface area contributed by atoms with Gasteiger partial charge >= 0.3 is 0 Å². The number of aryl methyl sites for hydroxylation is 1. The number of aromatic amines is 1. The molecule has 0 radical (unpaired) electrons. The van der Waals surface area contributed by atoms with Crippen LogP contribution in [0.3, 0.4) is 0 Å². The first-order valence-corrected chi connectivity index (χ1v) is 7.37. The molecule has 102 valence electrons. The van der Waals surface area contributed by atoms with Crippen LogP contribution in [-0.4, -0.2) is 15.9 Å². The van der Waals surface area contributed by atoms with E-state index in [9.17, 15) is 4.79 Å². The maximum absolute atomic E-state index is 12.3. The molecule has 0 unspecified atom stereocenters. The van der Waals surface area contributed by atoms with Gasteiger partial charge in [0.15, 0.2) is 0 Å². The number of nitrogens with zero attached hydrogens (tertiary/aromatic N) is 1. The molecule has 0 saturated heterocycles. The van der Waals surface area contributed by atoms with Crippen LogP contribution in [0.2, 0.25) is 0 Å². The highest BCUT2D eigenvalue weighted by Crippen LogP contribution is 2.17. The van der Waals surface area contributed by atoms with Crippen LogP contribution in [0.25, 0.3) is 10.9 Å². The maximum Gasteiger partial charge on any atom is 0.253 e. The molecule has 5 heteroatoms. The zero-order valence-electron chi connectivity index (χ0n) is 11.1. The van der Waals surface area contributed by atoms with Crippen LogP contribution in [0, 0.1) is 0 Å². The minimum absolute atomic E-state index is 0.0775. The Balaban J connectivity index is 1.74. The lowest BCUT2D eigenvalue weighted by molar-refractivity contribution is 0.0952. The number of benzene rings is 1. The van der Waals surface area contributed by atoms with E-state index in [0.717, 1.165) is 22.3 Å². The number of carbonyl (C=O) groups is 1. The van der Waals surface area contributed by atoms with Gasteiger partial charge in [-0.25, -0.2) is 4.98 Å². The first kappa shape index (κ1) is 12.9. The minimum Gasteiger partial charge on any atom is -0.361 e. The van der Waals surface area contributed by atoms with E-state index in [2.05, 4.69) is 22.2 Å². The van der Waals surface area contributed by atoms with Gasteiger partial charge in [-0.15, -0.1) is 11.3 Å². The monoisotopic (exact) mass is 285 g/mol. The average Bonchev–Trinajstić information content (AvgIpc) is 3.12. The molecular formula is C15H15N3OS. The lowest BCUT2D eigenvalue weighted by Crippen LogP contribution is -2.22. The number of hydrogen-bond acceptors (Lipinski definition) is 3. The Kier molecular flexibility index (Phi) is 3.52. The van der Waals surface area contributed by atoms with Crippen molar-refractivity contribution in [2.45, 2.75) is 19.9 Å². The largest absolute Gasteiger partial charge is 0.361 e. The number of nitrogens with one attached hydrogen (secondary N) is 2. The van der Waals surface area contributed by atoms with Crippen molar-refractivity contribution in [3.63, 3.8) is 0 Å². The normalized spacial score (nSPS) is 10.8. The fourth-order valence-corrected chi connectivity index (χ4v) is 2.92. The third kappa shape index (κ3) is 2.44. The van der Waals surface area contributed by atoms with Gasteiger partial charge in [-0.1, -0.05) is 19.1 Å². The van der Waals surface area contributed by atoms with Crippen molar-refractivity contribution in [3.05, 3.63) is 52.1 Å². The van der Waals surface area contributed by atoms with Gasteiger partial charge in [0.25, 0.3) is 5.91 Å². The number of H-pyrrole nitrogens is 1. The summed E-state index contributed by atoms with van der Waals surface area (Å²) >= 11 is 1.64. The van der Waals surface area contributed by atoms with Crippen LogP contribution in [0.15, 0.2) is 36.7 Å². The van der Waals surface area contributed by atoms with Crippen LogP contribution < -0.4 is 5.32 Å². The Labute approximate surface area is 120 Å². The summed E-state index contributed by atoms with van der Waals surface area (Å²) in [5.74, 6) is -0.0775. The number of aromatic nitrogens is 2. The molecule has 0 spiro atoms. The van der Waals surface area contributed by atoms with Gasteiger partial charge in [0.2, 0.25) is 0 Å². The summed E-state index contributed by atoms with van der Waals surface area (Å²) in [6.45, 7) is 2.57. The van der Waals surface area contributed by atoms with Crippen molar-refractivity contribution in [2.75, 3.05) is 0 Å². The molecule has 2 N–H and O–H groups in total. The fourth-order valence-electron chi connectivity index (χ4n) is 2.12. The molecule has 0 fully saturated rings. The minimum atomic E-state index is -0.0775. The van der Waals surface area contributed by atoms with Crippen molar-refractivity contribution in [1.29, 1.82) is 0 Å². The maximum atomic E-state index is 12.3. The zero-order valence-corrected chi connectivity index (χ0v) is 12.0. The van der Waals surface area contributed by atoms with Crippen molar-refractivity contribution in [3.8, 4) is 0 Å². The summed E-state index contributed by atoms with van der Waals surface area (Å²) in [6.07, 6.45) is 4.70. The molecule has 4 nitrogen and oxygen atoms in total. The number of thiazole rings is 1. The van der Waals surface area contributed by atoms with E-state index < -0.39 is 0 Å². The van der Waals surface area contributed by atoms with Crippen LogP contribution in [0.4, 0.5) is 0 Å². The smallest absolute Gasteiger partial charge is 0.253 e. The second kappa shape index (κ2) is 5.46. The molecule has 1 amide bonds. The molecule has 0 aliphatic heterocycles. The Hall–Kier alpha value is -2.14. The topological polar surface area (TPSA) is 57.8 Å². The molecule has 3 aromatic rings. The van der Waals surface area contributed by atoms with Gasteiger partial charge in [0.1, 0.15) is 5.01 Å². The Morgan fingerprint density at radius 2 is 2.30 bits per heavy atom. The van der Waals surface area contributed by atoms with Crippen molar-refractivity contribution >= 4 is 28.1 Å². The lowest BCUT2D eigenvalue weighted by Gasteiger charge is -2.04. The van der Waals surface area contributed by atoms with Crippen molar-refractivity contribution < 1.29 is 4.79 Å². The number of amides is 1. The van der Waals surface area contributed by atoms with E-state index in [1.807, 2.05) is 36.7 Å². The van der Waals surface area contributed by atoms with E-state index in [1.165, 1.54) is 4.88 Å².